The summed E-state index contributed by atoms with van der Waals surface area (Å²) in [5.41, 5.74) is 6.17. The third-order valence-corrected chi connectivity index (χ3v) is 15.7. The van der Waals surface area contributed by atoms with E-state index in [1.165, 1.54) is 0 Å². The molecular weight excluding hydrogens is 1070 g/mol. The number of carbonyl (C=O) groups excluding carboxylic acids is 4. The molecule has 18 nitrogen and oxygen atoms in total. The van der Waals surface area contributed by atoms with Crippen LogP contribution in [0.25, 0.3) is 11.4 Å². The first-order valence-electron chi connectivity index (χ1n) is 27.1. The van der Waals surface area contributed by atoms with Crippen LogP contribution in [0.3, 0.4) is 0 Å². The molecule has 0 N–H and O–H groups in total. The third-order valence-electron chi connectivity index (χ3n) is 15.2. The van der Waals surface area contributed by atoms with Gasteiger partial charge in [-0.1, -0.05) is 23.2 Å². The summed E-state index contributed by atoms with van der Waals surface area (Å²) in [6.45, 7) is 6.78. The van der Waals surface area contributed by atoms with E-state index < -0.39 is 24.4 Å². The van der Waals surface area contributed by atoms with Gasteiger partial charge in [-0.25, -0.2) is 0 Å². The highest BCUT2D eigenvalue weighted by atomic mass is 35.5. The van der Waals surface area contributed by atoms with Crippen molar-refractivity contribution in [3.63, 3.8) is 0 Å². The molecule has 424 valence electrons. The number of benzene rings is 2. The van der Waals surface area contributed by atoms with Crippen LogP contribution in [-0.4, -0.2) is 120 Å². The molecule has 0 unspecified atom stereocenters. The second kappa shape index (κ2) is 26.4. The largest absolute Gasteiger partial charge is 0.493 e. The zero-order valence-corrected chi connectivity index (χ0v) is 47.5. The highest BCUT2D eigenvalue weighted by Crippen LogP contribution is 2.48. The standard InChI is InChI=1S/2C30H34ClN3O6/c2*1-4-39-27(36)16-19-10-14-33(15-11-19)26(35)18-25-23-6-5-13-34(23)22-8-7-20(31)17-21(22)29(40-25)28-30(38-3)24(37-2)9-12-32-28/h2*5-9,12-13,17,19,25,29H,4,10-11,14-16,18H2,1-3H3/t2*25-,29-/m10/s1. The molecule has 2 fully saturated rings. The van der Waals surface area contributed by atoms with Crippen LogP contribution in [0.2, 0.25) is 10.0 Å². The Morgan fingerprint density at radius 3 is 1.31 bits per heavy atom. The van der Waals surface area contributed by atoms with Crippen LogP contribution < -0.4 is 18.9 Å². The van der Waals surface area contributed by atoms with Gasteiger partial charge in [0.15, 0.2) is 23.0 Å². The van der Waals surface area contributed by atoms with Gasteiger partial charge in [-0.15, -0.1) is 0 Å². The maximum atomic E-state index is 13.6. The summed E-state index contributed by atoms with van der Waals surface area (Å²) in [6.07, 6.45) is 8.91. The highest BCUT2D eigenvalue weighted by molar-refractivity contribution is 6.31. The predicted molar refractivity (Wildman–Crippen MR) is 298 cm³/mol. The van der Waals surface area contributed by atoms with E-state index in [0.29, 0.717) is 96.7 Å². The first-order valence-corrected chi connectivity index (χ1v) is 27.9. The SMILES string of the molecule is CCOC(=O)CC1CCN(C(=O)C[C@@H]2O[C@H](c3nccc(OC)c3OC)c3cc(Cl)ccc3-n3cccc32)CC1.CCOC(=O)CC1CCN(C(=O)C[C@H]2O[C@@H](c3nccc(OC)c3OC)c3cc(Cl)ccc3-n3cccc32)CC1. The molecular formula is C60H68Cl2N6O12. The van der Waals surface area contributed by atoms with Crippen molar-refractivity contribution in [2.24, 2.45) is 11.8 Å². The van der Waals surface area contributed by atoms with Crippen LogP contribution in [0.5, 0.6) is 23.0 Å². The van der Waals surface area contributed by atoms with Gasteiger partial charge < -0.3 is 56.8 Å². The van der Waals surface area contributed by atoms with Crippen molar-refractivity contribution in [1.82, 2.24) is 28.9 Å². The van der Waals surface area contributed by atoms with E-state index in [2.05, 4.69) is 9.97 Å². The number of hydrogen-bond donors (Lipinski definition) is 0. The van der Waals surface area contributed by atoms with E-state index in [9.17, 15) is 19.2 Å². The number of rotatable bonds is 16. The zero-order chi connectivity index (χ0) is 56.5. The van der Waals surface area contributed by atoms with Gasteiger partial charge in [-0.2, -0.15) is 0 Å². The van der Waals surface area contributed by atoms with Crippen molar-refractivity contribution >= 4 is 47.0 Å². The Morgan fingerprint density at radius 1 is 0.550 bits per heavy atom. The van der Waals surface area contributed by atoms with E-state index in [1.807, 2.05) is 106 Å². The molecule has 0 spiro atoms. The fraction of sp³-hybridized carbons (Fsp3) is 0.433. The van der Waals surface area contributed by atoms with Gasteiger partial charge in [0.25, 0.3) is 0 Å². The van der Waals surface area contributed by atoms with Gasteiger partial charge in [0, 0.05) is 97.1 Å². The summed E-state index contributed by atoms with van der Waals surface area (Å²) in [5, 5.41) is 1.12. The smallest absolute Gasteiger partial charge is 0.306 e. The molecule has 2 saturated heterocycles. The minimum absolute atomic E-state index is 0.000592. The fourth-order valence-corrected chi connectivity index (χ4v) is 11.6. The van der Waals surface area contributed by atoms with Gasteiger partial charge in [0.2, 0.25) is 11.8 Å². The lowest BCUT2D eigenvalue weighted by molar-refractivity contribution is -0.146. The molecule has 4 aromatic heterocycles. The molecule has 0 aliphatic carbocycles. The lowest BCUT2D eigenvalue weighted by Crippen LogP contribution is -2.39. The number of hydrogen-bond acceptors (Lipinski definition) is 14. The molecule has 0 saturated carbocycles. The number of likely N-dealkylation sites (tertiary alicyclic amines) is 2. The van der Waals surface area contributed by atoms with Gasteiger partial charge >= 0.3 is 11.9 Å². The van der Waals surface area contributed by atoms with Gasteiger partial charge in [-0.3, -0.25) is 29.1 Å². The first-order chi connectivity index (χ1) is 38.9. The molecule has 2 aromatic carbocycles. The van der Waals surface area contributed by atoms with E-state index in [-0.39, 0.29) is 48.4 Å². The molecule has 20 heteroatoms. The molecule has 0 radical (unpaired) electrons. The first kappa shape index (κ1) is 57.6. The number of pyridine rings is 2. The highest BCUT2D eigenvalue weighted by Gasteiger charge is 2.39. The van der Waals surface area contributed by atoms with E-state index >= 15 is 0 Å². The van der Waals surface area contributed by atoms with Crippen LogP contribution in [0.15, 0.2) is 97.6 Å². The molecule has 10 rings (SSSR count). The van der Waals surface area contributed by atoms with Crippen LogP contribution in [0.1, 0.15) is 124 Å². The van der Waals surface area contributed by atoms with Crippen LogP contribution >= 0.6 is 23.2 Å². The number of esters is 2. The average molecular weight is 1140 g/mol. The molecule has 6 aromatic rings. The number of ether oxygens (including phenoxy) is 8. The third kappa shape index (κ3) is 12.7. The Balaban J connectivity index is 0.000000194. The van der Waals surface area contributed by atoms with Crippen LogP contribution in [0.4, 0.5) is 0 Å². The summed E-state index contributed by atoms with van der Waals surface area (Å²) < 4.78 is 50.3. The topological polar surface area (TPSA) is 184 Å². The van der Waals surface area contributed by atoms with E-state index in [1.54, 1.807) is 53.0 Å². The lowest BCUT2D eigenvalue weighted by atomic mass is 9.93. The summed E-state index contributed by atoms with van der Waals surface area (Å²) in [5.74, 6) is 2.08. The van der Waals surface area contributed by atoms with Crippen LogP contribution in [0, 0.1) is 11.8 Å². The number of halogens is 2. The van der Waals surface area contributed by atoms with Crippen molar-refractivity contribution in [2.45, 2.75) is 89.6 Å². The lowest BCUT2D eigenvalue weighted by Gasteiger charge is -2.33. The molecule has 80 heavy (non-hydrogen) atoms. The van der Waals surface area contributed by atoms with E-state index in [4.69, 9.17) is 61.1 Å². The molecule has 2 amide bonds. The van der Waals surface area contributed by atoms with Gasteiger partial charge in [0.05, 0.1) is 77.3 Å². The number of nitrogens with zero attached hydrogens (tertiary/aromatic N) is 6. The second-order valence-corrected chi connectivity index (χ2v) is 20.8. The molecule has 0 bridgehead atoms. The summed E-state index contributed by atoms with van der Waals surface area (Å²) in [4.78, 5) is 64.0. The minimum atomic E-state index is -0.674. The van der Waals surface area contributed by atoms with Crippen molar-refractivity contribution in [1.29, 1.82) is 0 Å². The maximum absolute atomic E-state index is 13.6. The molecule has 4 aliphatic rings. The normalized spacial score (nSPS) is 18.9. The van der Waals surface area contributed by atoms with Crippen molar-refractivity contribution in [3.05, 3.63) is 142 Å². The Kier molecular flexibility index (Phi) is 19.0. The number of fused-ring (bicyclic) bond motifs is 6. The molecule has 4 atom stereocenters. The minimum Gasteiger partial charge on any atom is -0.493 e. The van der Waals surface area contributed by atoms with E-state index in [0.717, 1.165) is 59.6 Å². The molecule has 8 heterocycles. The number of amides is 2. The van der Waals surface area contributed by atoms with Crippen molar-refractivity contribution < 1.29 is 57.1 Å². The quantitative estimate of drug-likeness (QED) is 0.0834. The summed E-state index contributed by atoms with van der Waals surface area (Å²) >= 11 is 12.9. The Morgan fingerprint density at radius 2 is 0.950 bits per heavy atom. The average Bonchev–Trinajstić information content (AvgIpc) is 4.18. The number of carbonyl (C=O) groups is 4. The fourth-order valence-electron chi connectivity index (χ4n) is 11.3. The molecule has 4 aliphatic heterocycles. The van der Waals surface area contributed by atoms with Crippen molar-refractivity contribution in [2.75, 3.05) is 67.8 Å². The maximum Gasteiger partial charge on any atom is 0.306 e. The number of aromatic nitrogens is 4. The number of piperidine rings is 2. The van der Waals surface area contributed by atoms with Gasteiger partial charge in [0.1, 0.15) is 35.8 Å². The Labute approximate surface area is 476 Å². The predicted octanol–water partition coefficient (Wildman–Crippen LogP) is 10.6. The summed E-state index contributed by atoms with van der Waals surface area (Å²) in [7, 11) is 6.27. The van der Waals surface area contributed by atoms with Crippen LogP contribution in [-0.2, 0) is 38.1 Å². The summed E-state index contributed by atoms with van der Waals surface area (Å²) in [6, 6.07) is 22.6. The monoisotopic (exact) mass is 1130 g/mol. The van der Waals surface area contributed by atoms with Gasteiger partial charge in [-0.05, 0) is 112 Å². The van der Waals surface area contributed by atoms with Crippen molar-refractivity contribution in [3.8, 4) is 34.4 Å². The Bertz CT molecular complexity index is 2940. The second-order valence-electron chi connectivity index (χ2n) is 20.0. The zero-order valence-electron chi connectivity index (χ0n) is 45.9. The number of methoxy groups -OCH3 is 4. The Hall–Kier alpha value is -7.12.